The van der Waals surface area contributed by atoms with Crippen LogP contribution >= 0.6 is 11.6 Å². The Morgan fingerprint density at radius 2 is 2.03 bits per heavy atom. The molecule has 3 aromatic rings. The number of nitrogens with zero attached hydrogens (tertiary/aromatic N) is 2. The molecule has 4 rings (SSSR count). The molecule has 1 aliphatic heterocycles. The van der Waals surface area contributed by atoms with Crippen molar-refractivity contribution >= 4 is 34.1 Å². The van der Waals surface area contributed by atoms with Crippen LogP contribution in [0.3, 0.4) is 0 Å². The van der Waals surface area contributed by atoms with E-state index in [1.807, 2.05) is 31.3 Å². The molecule has 0 unspecified atom stereocenters. The summed E-state index contributed by atoms with van der Waals surface area (Å²) in [7, 11) is 0. The number of halogens is 1. The minimum absolute atomic E-state index is 0.0842. The number of amides is 1. The number of benzene rings is 1. The van der Waals surface area contributed by atoms with Gasteiger partial charge in [-0.05, 0) is 61.6 Å². The van der Waals surface area contributed by atoms with Crippen molar-refractivity contribution in [1.82, 2.24) is 15.3 Å². The van der Waals surface area contributed by atoms with Crippen LogP contribution in [0.25, 0.3) is 10.9 Å². The zero-order valence-corrected chi connectivity index (χ0v) is 17.6. The van der Waals surface area contributed by atoms with Crippen LogP contribution in [0.4, 0.5) is 5.69 Å². The Bertz CT molecular complexity index is 990. The minimum atomic E-state index is -0.0842. The fraction of sp³-hybridized carbons (Fsp3) is 0.391. The Balaban J connectivity index is 1.37. The lowest BCUT2D eigenvalue weighted by Gasteiger charge is -2.28. The number of H-pyrrole nitrogens is 1. The predicted molar refractivity (Wildman–Crippen MR) is 119 cm³/mol. The number of carbonyl (C=O) groups excluding carboxylic acids is 1. The van der Waals surface area contributed by atoms with Crippen molar-refractivity contribution in [3.05, 3.63) is 58.5 Å². The van der Waals surface area contributed by atoms with E-state index < -0.39 is 0 Å². The summed E-state index contributed by atoms with van der Waals surface area (Å²) in [6, 6.07) is 9.88. The monoisotopic (exact) mass is 410 g/mol. The lowest BCUT2D eigenvalue weighted by atomic mass is 10.1. The van der Waals surface area contributed by atoms with E-state index >= 15 is 0 Å². The Morgan fingerprint density at radius 3 is 2.76 bits per heavy atom. The summed E-state index contributed by atoms with van der Waals surface area (Å²) >= 11 is 6.12. The molecule has 3 heterocycles. The minimum Gasteiger partial charge on any atom is -0.370 e. The Labute approximate surface area is 176 Å². The molecule has 0 bridgehead atoms. The first-order valence-corrected chi connectivity index (χ1v) is 10.8. The molecule has 0 spiro atoms. The molecule has 1 aromatic carbocycles. The number of hydrogen-bond acceptors (Lipinski definition) is 3. The van der Waals surface area contributed by atoms with Gasteiger partial charge in [0.25, 0.3) is 5.91 Å². The highest BCUT2D eigenvalue weighted by molar-refractivity contribution is 6.31. The highest BCUT2D eigenvalue weighted by atomic mass is 35.5. The summed E-state index contributed by atoms with van der Waals surface area (Å²) in [5.74, 6) is -0.0842. The standard InChI is InChI=1S/C23H27ClN4O/c1-2-19-20-14-16(24)6-9-21(20)27-22(19)23(29)25-11-10-17-7-8-18(15-26-17)28-12-4-3-5-13-28/h6-9,14-15,27H,2-5,10-13H2,1H3,(H,25,29). The number of hydrogen-bond donors (Lipinski definition) is 2. The van der Waals surface area contributed by atoms with Crippen LogP contribution in [0.5, 0.6) is 0 Å². The van der Waals surface area contributed by atoms with E-state index in [1.54, 1.807) is 0 Å². The van der Waals surface area contributed by atoms with Crippen LogP contribution in [-0.4, -0.2) is 35.5 Å². The second-order valence-corrected chi connectivity index (χ2v) is 8.02. The summed E-state index contributed by atoms with van der Waals surface area (Å²) in [6.07, 6.45) is 7.27. The number of aromatic nitrogens is 2. The van der Waals surface area contributed by atoms with Crippen LogP contribution in [0.15, 0.2) is 36.5 Å². The van der Waals surface area contributed by atoms with Gasteiger partial charge in [-0.15, -0.1) is 0 Å². The summed E-state index contributed by atoms with van der Waals surface area (Å²) in [5.41, 5.74) is 4.75. The third-order valence-electron chi connectivity index (χ3n) is 5.65. The van der Waals surface area contributed by atoms with Gasteiger partial charge in [-0.25, -0.2) is 0 Å². The molecule has 2 aromatic heterocycles. The van der Waals surface area contributed by atoms with Gasteiger partial charge in [0, 0.05) is 47.7 Å². The molecule has 1 fully saturated rings. The number of pyridine rings is 1. The molecule has 0 aliphatic carbocycles. The molecule has 29 heavy (non-hydrogen) atoms. The topological polar surface area (TPSA) is 61.0 Å². The normalized spacial score (nSPS) is 14.3. The summed E-state index contributed by atoms with van der Waals surface area (Å²) in [4.78, 5) is 23.0. The smallest absolute Gasteiger partial charge is 0.268 e. The number of rotatable bonds is 6. The van der Waals surface area contributed by atoms with E-state index in [-0.39, 0.29) is 5.91 Å². The van der Waals surface area contributed by atoms with Gasteiger partial charge in [0.15, 0.2) is 0 Å². The highest BCUT2D eigenvalue weighted by Gasteiger charge is 2.17. The van der Waals surface area contributed by atoms with Crippen LogP contribution < -0.4 is 10.2 Å². The quantitative estimate of drug-likeness (QED) is 0.616. The maximum atomic E-state index is 12.7. The first kappa shape index (κ1) is 19.8. The van der Waals surface area contributed by atoms with Crippen molar-refractivity contribution in [2.75, 3.05) is 24.5 Å². The maximum absolute atomic E-state index is 12.7. The average Bonchev–Trinajstić information content (AvgIpc) is 3.12. The molecule has 1 saturated heterocycles. The lowest BCUT2D eigenvalue weighted by molar-refractivity contribution is 0.0949. The number of piperidine rings is 1. The van der Waals surface area contributed by atoms with Gasteiger partial charge in [0.2, 0.25) is 0 Å². The molecule has 2 N–H and O–H groups in total. The Kier molecular flexibility index (Phi) is 6.05. The van der Waals surface area contributed by atoms with Crippen molar-refractivity contribution < 1.29 is 4.79 Å². The number of nitrogens with one attached hydrogen (secondary N) is 2. The van der Waals surface area contributed by atoms with Gasteiger partial charge in [0.05, 0.1) is 11.9 Å². The third kappa shape index (κ3) is 4.40. The van der Waals surface area contributed by atoms with Gasteiger partial charge in [-0.2, -0.15) is 0 Å². The predicted octanol–water partition coefficient (Wildman–Crippen LogP) is 4.74. The molecule has 5 nitrogen and oxygen atoms in total. The molecule has 6 heteroatoms. The summed E-state index contributed by atoms with van der Waals surface area (Å²) < 4.78 is 0. The summed E-state index contributed by atoms with van der Waals surface area (Å²) in [6.45, 7) is 4.83. The van der Waals surface area contributed by atoms with E-state index in [0.29, 0.717) is 23.7 Å². The first-order valence-electron chi connectivity index (χ1n) is 10.4. The van der Waals surface area contributed by atoms with Crippen LogP contribution in [0, 0.1) is 0 Å². The number of aryl methyl sites for hydroxylation is 1. The molecular weight excluding hydrogens is 384 g/mol. The van der Waals surface area contributed by atoms with Gasteiger partial charge in [-0.3, -0.25) is 9.78 Å². The van der Waals surface area contributed by atoms with Crippen LogP contribution in [-0.2, 0) is 12.8 Å². The van der Waals surface area contributed by atoms with Crippen molar-refractivity contribution in [2.45, 2.75) is 39.0 Å². The molecule has 0 radical (unpaired) electrons. The van der Waals surface area contributed by atoms with Crippen molar-refractivity contribution in [2.24, 2.45) is 0 Å². The molecular formula is C23H27ClN4O. The Hall–Kier alpha value is -2.53. The molecule has 1 amide bonds. The van der Waals surface area contributed by atoms with Gasteiger partial charge < -0.3 is 15.2 Å². The second-order valence-electron chi connectivity index (χ2n) is 7.58. The largest absolute Gasteiger partial charge is 0.370 e. The van der Waals surface area contributed by atoms with E-state index in [0.717, 1.165) is 41.7 Å². The van der Waals surface area contributed by atoms with Gasteiger partial charge >= 0.3 is 0 Å². The van der Waals surface area contributed by atoms with Gasteiger partial charge in [0.1, 0.15) is 5.69 Å². The van der Waals surface area contributed by atoms with Gasteiger partial charge in [-0.1, -0.05) is 18.5 Å². The lowest BCUT2D eigenvalue weighted by Crippen LogP contribution is -2.29. The molecule has 0 saturated carbocycles. The first-order chi connectivity index (χ1) is 14.2. The SMILES string of the molecule is CCc1c(C(=O)NCCc2ccc(N3CCCCC3)cn2)[nH]c2ccc(Cl)cc12. The molecule has 0 atom stereocenters. The van der Waals surface area contributed by atoms with E-state index in [2.05, 4.69) is 32.3 Å². The molecule has 152 valence electrons. The van der Waals surface area contributed by atoms with Crippen molar-refractivity contribution in [3.63, 3.8) is 0 Å². The van der Waals surface area contributed by atoms with E-state index in [1.165, 1.54) is 24.9 Å². The van der Waals surface area contributed by atoms with Crippen molar-refractivity contribution in [1.29, 1.82) is 0 Å². The third-order valence-corrected chi connectivity index (χ3v) is 5.88. The van der Waals surface area contributed by atoms with E-state index in [4.69, 9.17) is 11.6 Å². The summed E-state index contributed by atoms with van der Waals surface area (Å²) in [5, 5.41) is 4.71. The van der Waals surface area contributed by atoms with E-state index in [9.17, 15) is 4.79 Å². The van der Waals surface area contributed by atoms with Crippen LogP contribution in [0.2, 0.25) is 5.02 Å². The number of aromatic amines is 1. The van der Waals surface area contributed by atoms with Crippen molar-refractivity contribution in [3.8, 4) is 0 Å². The Morgan fingerprint density at radius 1 is 1.21 bits per heavy atom. The zero-order chi connectivity index (χ0) is 20.2. The second kappa shape index (κ2) is 8.87. The van der Waals surface area contributed by atoms with Crippen LogP contribution in [0.1, 0.15) is 47.9 Å². The fourth-order valence-corrected chi connectivity index (χ4v) is 4.25. The number of fused-ring (bicyclic) bond motifs is 1. The molecule has 1 aliphatic rings. The highest BCUT2D eigenvalue weighted by Crippen LogP contribution is 2.26. The average molecular weight is 411 g/mol. The maximum Gasteiger partial charge on any atom is 0.268 e. The number of carbonyl (C=O) groups is 1. The fourth-order valence-electron chi connectivity index (χ4n) is 4.08. The zero-order valence-electron chi connectivity index (χ0n) is 16.8. The number of anilines is 1.